The van der Waals surface area contributed by atoms with Gasteiger partial charge in [-0.05, 0) is 61.2 Å². The average Bonchev–Trinajstić information content (AvgIpc) is 2.81. The quantitative estimate of drug-likeness (QED) is 0.706. The Balaban J connectivity index is 1.72. The SMILES string of the molecule is CC(C)(C)CC1CCC(CC(C)(C)CC2CCOC2)OC1. The van der Waals surface area contributed by atoms with Crippen molar-refractivity contribution in [3.05, 3.63) is 0 Å². The molecule has 3 atom stereocenters. The van der Waals surface area contributed by atoms with Crippen LogP contribution in [0.5, 0.6) is 0 Å². The zero-order valence-corrected chi connectivity index (χ0v) is 14.9. The summed E-state index contributed by atoms with van der Waals surface area (Å²) in [4.78, 5) is 0. The van der Waals surface area contributed by atoms with Crippen molar-refractivity contribution in [1.29, 1.82) is 0 Å². The third-order valence-electron chi connectivity index (χ3n) is 5.01. The zero-order chi connectivity index (χ0) is 15.5. The Morgan fingerprint density at radius 2 is 1.52 bits per heavy atom. The summed E-state index contributed by atoms with van der Waals surface area (Å²) in [7, 11) is 0. The van der Waals surface area contributed by atoms with Gasteiger partial charge in [0.15, 0.2) is 0 Å². The molecule has 0 amide bonds. The van der Waals surface area contributed by atoms with E-state index >= 15 is 0 Å². The van der Waals surface area contributed by atoms with Crippen LogP contribution < -0.4 is 0 Å². The molecule has 2 fully saturated rings. The van der Waals surface area contributed by atoms with Gasteiger partial charge in [0.25, 0.3) is 0 Å². The number of hydrogen-bond donors (Lipinski definition) is 0. The minimum Gasteiger partial charge on any atom is -0.381 e. The summed E-state index contributed by atoms with van der Waals surface area (Å²) < 4.78 is 11.7. The van der Waals surface area contributed by atoms with Crippen molar-refractivity contribution in [3.63, 3.8) is 0 Å². The lowest BCUT2D eigenvalue weighted by atomic mass is 9.76. The van der Waals surface area contributed by atoms with Gasteiger partial charge in [0, 0.05) is 19.8 Å². The van der Waals surface area contributed by atoms with Gasteiger partial charge in [0.05, 0.1) is 6.10 Å². The van der Waals surface area contributed by atoms with Crippen molar-refractivity contribution in [3.8, 4) is 0 Å². The fraction of sp³-hybridized carbons (Fsp3) is 1.00. The van der Waals surface area contributed by atoms with Gasteiger partial charge in [-0.25, -0.2) is 0 Å². The van der Waals surface area contributed by atoms with Crippen molar-refractivity contribution >= 4 is 0 Å². The van der Waals surface area contributed by atoms with E-state index in [1.54, 1.807) is 0 Å². The topological polar surface area (TPSA) is 18.5 Å². The summed E-state index contributed by atoms with van der Waals surface area (Å²) in [6.07, 6.45) is 8.14. The van der Waals surface area contributed by atoms with Crippen molar-refractivity contribution < 1.29 is 9.47 Å². The van der Waals surface area contributed by atoms with Crippen LogP contribution in [0, 0.1) is 22.7 Å². The smallest absolute Gasteiger partial charge is 0.0580 e. The van der Waals surface area contributed by atoms with E-state index in [1.165, 1.54) is 38.5 Å². The molecule has 2 aliphatic heterocycles. The first-order valence-corrected chi connectivity index (χ1v) is 8.93. The molecule has 0 N–H and O–H groups in total. The van der Waals surface area contributed by atoms with Crippen LogP contribution in [0.2, 0.25) is 0 Å². The first-order chi connectivity index (χ1) is 9.73. The Morgan fingerprint density at radius 3 is 2.05 bits per heavy atom. The molecule has 0 aromatic rings. The average molecular weight is 296 g/mol. The molecule has 124 valence electrons. The standard InChI is InChI=1S/C19H36O2/c1-18(2,3)10-15-6-7-17(21-14-15)12-19(4,5)11-16-8-9-20-13-16/h15-17H,6-14H2,1-5H3. The predicted octanol–water partition coefficient (Wildman–Crippen LogP) is 5.06. The fourth-order valence-corrected chi connectivity index (χ4v) is 4.27. The molecule has 0 aromatic heterocycles. The molecule has 2 heterocycles. The van der Waals surface area contributed by atoms with Crippen LogP contribution in [-0.4, -0.2) is 25.9 Å². The summed E-state index contributed by atoms with van der Waals surface area (Å²) in [5, 5.41) is 0. The monoisotopic (exact) mass is 296 g/mol. The highest BCUT2D eigenvalue weighted by atomic mass is 16.5. The fourth-order valence-electron chi connectivity index (χ4n) is 4.27. The van der Waals surface area contributed by atoms with Gasteiger partial charge in [-0.3, -0.25) is 0 Å². The molecule has 0 aliphatic carbocycles. The first-order valence-electron chi connectivity index (χ1n) is 8.93. The van der Waals surface area contributed by atoms with Crippen molar-refractivity contribution in [2.45, 2.75) is 79.2 Å². The first kappa shape index (κ1) is 17.3. The maximum atomic E-state index is 6.21. The molecule has 2 saturated heterocycles. The van der Waals surface area contributed by atoms with Crippen molar-refractivity contribution in [2.75, 3.05) is 19.8 Å². The van der Waals surface area contributed by atoms with Crippen LogP contribution in [0.3, 0.4) is 0 Å². The van der Waals surface area contributed by atoms with E-state index in [-0.39, 0.29) is 0 Å². The molecule has 2 nitrogen and oxygen atoms in total. The minimum absolute atomic E-state index is 0.389. The van der Waals surface area contributed by atoms with Crippen molar-refractivity contribution in [2.24, 2.45) is 22.7 Å². The van der Waals surface area contributed by atoms with E-state index in [1.807, 2.05) is 0 Å². The molecule has 21 heavy (non-hydrogen) atoms. The van der Waals surface area contributed by atoms with Crippen LogP contribution in [0.4, 0.5) is 0 Å². The van der Waals surface area contributed by atoms with Crippen molar-refractivity contribution in [1.82, 2.24) is 0 Å². The summed E-state index contributed by atoms with van der Waals surface area (Å²) in [5.74, 6) is 1.55. The maximum Gasteiger partial charge on any atom is 0.0580 e. The number of hydrogen-bond acceptors (Lipinski definition) is 2. The molecule has 0 radical (unpaired) electrons. The Labute approximate surface area is 132 Å². The highest BCUT2D eigenvalue weighted by Gasteiger charge is 2.32. The van der Waals surface area contributed by atoms with E-state index in [9.17, 15) is 0 Å². The number of ether oxygens (including phenoxy) is 2. The van der Waals surface area contributed by atoms with E-state index < -0.39 is 0 Å². The number of rotatable bonds is 5. The molecule has 2 heteroatoms. The second-order valence-electron chi connectivity index (χ2n) is 9.47. The van der Waals surface area contributed by atoms with Crippen LogP contribution in [0.1, 0.15) is 73.1 Å². The van der Waals surface area contributed by atoms with Gasteiger partial charge < -0.3 is 9.47 Å². The third kappa shape index (κ3) is 6.28. The van der Waals surface area contributed by atoms with Gasteiger partial charge >= 0.3 is 0 Å². The summed E-state index contributed by atoms with van der Waals surface area (Å²) in [5.41, 5.74) is 0.822. The zero-order valence-electron chi connectivity index (χ0n) is 14.9. The molecular weight excluding hydrogens is 260 g/mol. The summed E-state index contributed by atoms with van der Waals surface area (Å²) in [6.45, 7) is 14.8. The highest BCUT2D eigenvalue weighted by Crippen LogP contribution is 2.38. The molecule has 0 saturated carbocycles. The van der Waals surface area contributed by atoms with Gasteiger partial charge in [-0.15, -0.1) is 0 Å². The van der Waals surface area contributed by atoms with Gasteiger partial charge in [0.1, 0.15) is 0 Å². The third-order valence-corrected chi connectivity index (χ3v) is 5.01. The molecular formula is C19H36O2. The van der Waals surface area contributed by atoms with Gasteiger partial charge in [-0.1, -0.05) is 34.6 Å². The molecule has 2 rings (SSSR count). The van der Waals surface area contributed by atoms with E-state index in [0.717, 1.165) is 31.7 Å². The Bertz CT molecular complexity index is 302. The van der Waals surface area contributed by atoms with Crippen LogP contribution in [-0.2, 0) is 9.47 Å². The lowest BCUT2D eigenvalue weighted by molar-refractivity contribution is -0.0471. The maximum absolute atomic E-state index is 6.21. The summed E-state index contributed by atoms with van der Waals surface area (Å²) >= 11 is 0. The van der Waals surface area contributed by atoms with Crippen LogP contribution >= 0.6 is 0 Å². The van der Waals surface area contributed by atoms with E-state index in [4.69, 9.17) is 9.47 Å². The van der Waals surface area contributed by atoms with E-state index in [2.05, 4.69) is 34.6 Å². The second-order valence-corrected chi connectivity index (χ2v) is 9.47. The van der Waals surface area contributed by atoms with E-state index in [0.29, 0.717) is 16.9 Å². The van der Waals surface area contributed by atoms with Gasteiger partial charge in [0.2, 0.25) is 0 Å². The minimum atomic E-state index is 0.389. The van der Waals surface area contributed by atoms with Crippen LogP contribution in [0.15, 0.2) is 0 Å². The molecule has 0 bridgehead atoms. The normalized spacial score (nSPS) is 31.6. The predicted molar refractivity (Wildman–Crippen MR) is 88.5 cm³/mol. The lowest BCUT2D eigenvalue weighted by Gasteiger charge is -2.37. The Kier molecular flexibility index (Phi) is 5.76. The molecule has 3 unspecified atom stereocenters. The molecule has 2 aliphatic rings. The molecule has 0 spiro atoms. The summed E-state index contributed by atoms with van der Waals surface area (Å²) in [6, 6.07) is 0. The second kappa shape index (κ2) is 7.00. The highest BCUT2D eigenvalue weighted by molar-refractivity contribution is 4.82. The molecule has 0 aromatic carbocycles. The largest absolute Gasteiger partial charge is 0.381 e. The Morgan fingerprint density at radius 1 is 0.810 bits per heavy atom. The Hall–Kier alpha value is -0.0800. The lowest BCUT2D eigenvalue weighted by Crippen LogP contribution is -2.32. The van der Waals surface area contributed by atoms with Crippen LogP contribution in [0.25, 0.3) is 0 Å². The van der Waals surface area contributed by atoms with Gasteiger partial charge in [-0.2, -0.15) is 0 Å².